The minimum absolute atomic E-state index is 0.112. The second-order valence-corrected chi connectivity index (χ2v) is 6.42. The second-order valence-electron chi connectivity index (χ2n) is 5.43. The van der Waals surface area contributed by atoms with Crippen molar-refractivity contribution in [3.63, 3.8) is 0 Å². The lowest BCUT2D eigenvalue weighted by atomic mass is 10.1. The molecule has 1 rings (SSSR count). The van der Waals surface area contributed by atoms with Crippen LogP contribution in [0.5, 0.6) is 11.5 Å². The predicted octanol–water partition coefficient (Wildman–Crippen LogP) is 3.33. The average molecular weight is 283 g/mol. The summed E-state index contributed by atoms with van der Waals surface area (Å²) >= 11 is 1.77. The van der Waals surface area contributed by atoms with Crippen molar-refractivity contribution in [1.29, 1.82) is 0 Å². The predicted molar refractivity (Wildman–Crippen MR) is 83.5 cm³/mol. The van der Waals surface area contributed by atoms with E-state index < -0.39 is 0 Å². The van der Waals surface area contributed by atoms with Crippen LogP contribution in [0.2, 0.25) is 0 Å². The smallest absolute Gasteiger partial charge is 0.161 e. The molecular weight excluding hydrogens is 258 g/mol. The zero-order valence-corrected chi connectivity index (χ0v) is 13.4. The summed E-state index contributed by atoms with van der Waals surface area (Å²) in [7, 11) is 1.68. The summed E-state index contributed by atoms with van der Waals surface area (Å²) in [5, 5.41) is 3.46. The largest absolute Gasteiger partial charge is 0.493 e. The Morgan fingerprint density at radius 2 is 1.95 bits per heavy atom. The summed E-state index contributed by atoms with van der Waals surface area (Å²) in [4.78, 5) is 0. The quantitative estimate of drug-likeness (QED) is 0.778. The van der Waals surface area contributed by atoms with Crippen molar-refractivity contribution in [3.05, 3.63) is 23.8 Å². The van der Waals surface area contributed by atoms with Crippen molar-refractivity contribution in [3.8, 4) is 11.5 Å². The highest BCUT2D eigenvalue weighted by Crippen LogP contribution is 2.28. The van der Waals surface area contributed by atoms with E-state index in [4.69, 9.17) is 9.47 Å². The van der Waals surface area contributed by atoms with Crippen molar-refractivity contribution in [2.24, 2.45) is 0 Å². The Morgan fingerprint density at radius 3 is 2.53 bits per heavy atom. The standard InChI is InChI=1S/C15H25NO2S/c1-15(2,3)16-11-12-6-7-13(14(10-12)17-4)18-8-9-19-5/h6-7,10,16H,8-9,11H2,1-5H3. The lowest BCUT2D eigenvalue weighted by Gasteiger charge is -2.21. The highest BCUT2D eigenvalue weighted by atomic mass is 32.2. The van der Waals surface area contributed by atoms with Crippen LogP contribution in [0.4, 0.5) is 0 Å². The highest BCUT2D eigenvalue weighted by molar-refractivity contribution is 7.98. The number of hydrogen-bond acceptors (Lipinski definition) is 4. The van der Waals surface area contributed by atoms with Gasteiger partial charge in [0.15, 0.2) is 11.5 Å². The molecule has 1 aromatic rings. The van der Waals surface area contributed by atoms with Gasteiger partial charge in [-0.1, -0.05) is 6.07 Å². The van der Waals surface area contributed by atoms with Crippen LogP contribution in [0, 0.1) is 0 Å². The topological polar surface area (TPSA) is 30.5 Å². The number of ether oxygens (including phenoxy) is 2. The summed E-state index contributed by atoms with van der Waals surface area (Å²) in [5.41, 5.74) is 1.31. The number of methoxy groups -OCH3 is 1. The van der Waals surface area contributed by atoms with Crippen molar-refractivity contribution in [1.82, 2.24) is 5.32 Å². The van der Waals surface area contributed by atoms with E-state index >= 15 is 0 Å². The molecule has 0 aromatic heterocycles. The summed E-state index contributed by atoms with van der Waals surface area (Å²) < 4.78 is 11.1. The lowest BCUT2D eigenvalue weighted by molar-refractivity contribution is 0.313. The summed E-state index contributed by atoms with van der Waals surface area (Å²) in [6, 6.07) is 6.10. The third-order valence-electron chi connectivity index (χ3n) is 2.60. The first-order valence-electron chi connectivity index (χ1n) is 6.50. The number of hydrogen-bond donors (Lipinski definition) is 1. The number of nitrogens with one attached hydrogen (secondary N) is 1. The molecule has 108 valence electrons. The molecule has 0 aliphatic carbocycles. The summed E-state index contributed by atoms with van der Waals surface area (Å²) in [5.74, 6) is 2.60. The number of rotatable bonds is 7. The Bertz CT molecular complexity index is 388. The van der Waals surface area contributed by atoms with Crippen LogP contribution in [0.1, 0.15) is 26.3 Å². The molecule has 1 N–H and O–H groups in total. The van der Waals surface area contributed by atoms with Gasteiger partial charge in [-0.3, -0.25) is 0 Å². The molecule has 19 heavy (non-hydrogen) atoms. The maximum absolute atomic E-state index is 5.70. The van der Waals surface area contributed by atoms with E-state index in [0.717, 1.165) is 23.8 Å². The van der Waals surface area contributed by atoms with Gasteiger partial charge in [-0.05, 0) is 44.7 Å². The molecule has 0 aliphatic heterocycles. The molecule has 0 heterocycles. The van der Waals surface area contributed by atoms with Gasteiger partial charge in [0.2, 0.25) is 0 Å². The van der Waals surface area contributed by atoms with Gasteiger partial charge in [0, 0.05) is 17.8 Å². The van der Waals surface area contributed by atoms with Crippen LogP contribution >= 0.6 is 11.8 Å². The maximum atomic E-state index is 5.70. The average Bonchev–Trinajstić information content (AvgIpc) is 2.36. The lowest BCUT2D eigenvalue weighted by Crippen LogP contribution is -2.35. The van der Waals surface area contributed by atoms with E-state index in [9.17, 15) is 0 Å². The van der Waals surface area contributed by atoms with Crippen LogP contribution in [0.25, 0.3) is 0 Å². The first-order valence-corrected chi connectivity index (χ1v) is 7.89. The van der Waals surface area contributed by atoms with E-state index in [1.54, 1.807) is 18.9 Å². The van der Waals surface area contributed by atoms with Gasteiger partial charge >= 0.3 is 0 Å². The normalized spacial score (nSPS) is 11.4. The van der Waals surface area contributed by atoms with Gasteiger partial charge in [-0.25, -0.2) is 0 Å². The third kappa shape index (κ3) is 6.21. The molecule has 0 aliphatic rings. The SMILES string of the molecule is COc1cc(CNC(C)(C)C)ccc1OCCSC. The molecular formula is C15H25NO2S. The van der Waals surface area contributed by atoms with Gasteiger partial charge in [-0.2, -0.15) is 11.8 Å². The zero-order valence-electron chi connectivity index (χ0n) is 12.6. The Kier molecular flexibility index (Phi) is 6.52. The third-order valence-corrected chi connectivity index (χ3v) is 3.17. The van der Waals surface area contributed by atoms with Gasteiger partial charge in [0.1, 0.15) is 0 Å². The Hall–Kier alpha value is -0.870. The molecule has 0 amide bonds. The molecule has 0 atom stereocenters. The van der Waals surface area contributed by atoms with E-state index in [0.29, 0.717) is 6.61 Å². The van der Waals surface area contributed by atoms with Crippen LogP contribution in [-0.2, 0) is 6.54 Å². The molecule has 0 radical (unpaired) electrons. The Labute approximate surface area is 121 Å². The molecule has 0 bridgehead atoms. The van der Waals surface area contributed by atoms with Gasteiger partial charge in [0.25, 0.3) is 0 Å². The van der Waals surface area contributed by atoms with Crippen molar-refractivity contribution in [2.45, 2.75) is 32.9 Å². The Morgan fingerprint density at radius 1 is 1.21 bits per heavy atom. The van der Waals surface area contributed by atoms with E-state index in [1.807, 2.05) is 12.1 Å². The highest BCUT2D eigenvalue weighted by Gasteiger charge is 2.10. The first-order chi connectivity index (χ1) is 8.96. The molecule has 0 saturated heterocycles. The Balaban J connectivity index is 2.67. The maximum Gasteiger partial charge on any atom is 0.161 e. The minimum atomic E-state index is 0.112. The summed E-state index contributed by atoms with van der Waals surface area (Å²) in [6.45, 7) is 8.00. The fourth-order valence-electron chi connectivity index (χ4n) is 1.54. The summed E-state index contributed by atoms with van der Waals surface area (Å²) in [6.07, 6.45) is 2.07. The number of benzene rings is 1. The van der Waals surface area contributed by atoms with Crippen LogP contribution < -0.4 is 14.8 Å². The monoisotopic (exact) mass is 283 g/mol. The van der Waals surface area contributed by atoms with Crippen molar-refractivity contribution >= 4 is 11.8 Å². The van der Waals surface area contributed by atoms with E-state index in [-0.39, 0.29) is 5.54 Å². The van der Waals surface area contributed by atoms with Crippen LogP contribution in [-0.4, -0.2) is 31.3 Å². The van der Waals surface area contributed by atoms with Gasteiger partial charge in [-0.15, -0.1) is 0 Å². The van der Waals surface area contributed by atoms with Crippen LogP contribution in [0.3, 0.4) is 0 Å². The molecule has 3 nitrogen and oxygen atoms in total. The van der Waals surface area contributed by atoms with Gasteiger partial charge < -0.3 is 14.8 Å². The molecule has 0 unspecified atom stereocenters. The second kappa shape index (κ2) is 7.65. The first kappa shape index (κ1) is 16.2. The molecule has 0 saturated carbocycles. The molecule has 0 spiro atoms. The van der Waals surface area contributed by atoms with Crippen molar-refractivity contribution < 1.29 is 9.47 Å². The minimum Gasteiger partial charge on any atom is -0.493 e. The van der Waals surface area contributed by atoms with E-state index in [1.165, 1.54) is 5.56 Å². The number of thioether (sulfide) groups is 1. The van der Waals surface area contributed by atoms with Crippen molar-refractivity contribution in [2.75, 3.05) is 25.7 Å². The zero-order chi connectivity index (χ0) is 14.3. The van der Waals surface area contributed by atoms with E-state index in [2.05, 4.69) is 38.4 Å². The molecule has 1 aromatic carbocycles. The fraction of sp³-hybridized carbons (Fsp3) is 0.600. The van der Waals surface area contributed by atoms with Crippen LogP contribution in [0.15, 0.2) is 18.2 Å². The van der Waals surface area contributed by atoms with Gasteiger partial charge in [0.05, 0.1) is 13.7 Å². The molecule has 0 fully saturated rings. The molecule has 4 heteroatoms. The fourth-order valence-corrected chi connectivity index (χ4v) is 1.79.